The van der Waals surface area contributed by atoms with Gasteiger partial charge in [0, 0.05) is 12.5 Å². The number of aromatic nitrogens is 5. The Hall–Kier alpha value is -4.40. The molecular weight excluding hydrogens is 539 g/mol. The van der Waals surface area contributed by atoms with Gasteiger partial charge in [0.25, 0.3) is 0 Å². The summed E-state index contributed by atoms with van der Waals surface area (Å²) in [5, 5.41) is 26.4. The predicted octanol–water partition coefficient (Wildman–Crippen LogP) is 4.14. The number of amides is 2. The lowest BCUT2D eigenvalue weighted by atomic mass is 10.1. The summed E-state index contributed by atoms with van der Waals surface area (Å²) >= 11 is 1.31. The van der Waals surface area contributed by atoms with E-state index in [0.717, 1.165) is 35.7 Å². The second-order valence-electron chi connectivity index (χ2n) is 8.25. The number of carbonyl (C=O) groups is 2. The van der Waals surface area contributed by atoms with Crippen molar-refractivity contribution in [2.24, 2.45) is 0 Å². The Morgan fingerprint density at radius 1 is 0.897 bits per heavy atom. The highest BCUT2D eigenvalue weighted by molar-refractivity contribution is 7.15. The van der Waals surface area contributed by atoms with Crippen molar-refractivity contribution in [3.05, 3.63) is 70.7 Å². The molecule has 0 bridgehead atoms. The number of carbonyl (C=O) groups excluding carboxylic acids is 2. The predicted molar refractivity (Wildman–Crippen MR) is 133 cm³/mol. The Kier molecular flexibility index (Phi) is 9.14. The fraction of sp³-hybridized carbons (Fsp3) is 0.292. The molecule has 2 N–H and O–H groups in total. The van der Waals surface area contributed by atoms with Gasteiger partial charge in [0.1, 0.15) is 17.0 Å². The molecule has 0 spiro atoms. The Bertz CT molecular complexity index is 1380. The topological polar surface area (TPSA) is 145 Å². The fourth-order valence-electron chi connectivity index (χ4n) is 3.43. The average molecular weight is 562 g/mol. The number of alkyl halides is 3. The maximum Gasteiger partial charge on any atom is 0.573 e. The number of ether oxygens (including phenoxy) is 1. The number of nitrogens with zero attached hydrogens (tertiary/aromatic N) is 5. The zero-order valence-corrected chi connectivity index (χ0v) is 21.1. The van der Waals surface area contributed by atoms with Gasteiger partial charge in [-0.15, -0.1) is 28.5 Å². The van der Waals surface area contributed by atoms with E-state index in [2.05, 4.69) is 40.9 Å². The van der Waals surface area contributed by atoms with Crippen molar-refractivity contribution in [2.75, 3.05) is 10.6 Å². The highest BCUT2D eigenvalue weighted by Gasteiger charge is 2.31. The van der Waals surface area contributed by atoms with Crippen LogP contribution in [0.4, 0.5) is 24.1 Å². The van der Waals surface area contributed by atoms with Crippen molar-refractivity contribution in [3.8, 4) is 5.75 Å². The number of rotatable bonds is 12. The zero-order chi connectivity index (χ0) is 27.7. The molecule has 4 aromatic rings. The van der Waals surface area contributed by atoms with E-state index in [-0.39, 0.29) is 24.6 Å². The van der Waals surface area contributed by atoms with Crippen molar-refractivity contribution in [2.45, 2.75) is 44.9 Å². The standard InChI is InChI=1S/C24H22F3N7O4S/c25-24(26,27)38-18-6-3-4-15(12-18)13-20(35)28-19-9-8-16(30-31-19)5-1-2-7-22-32-33-23(39-22)29-21(36)14-17-10-11-37-34-17/h3-4,6,8-12H,1-2,5,7,13-14H2,(H,28,31,35)(H,29,33,36). The Balaban J connectivity index is 1.15. The van der Waals surface area contributed by atoms with Gasteiger partial charge in [-0.3, -0.25) is 9.59 Å². The van der Waals surface area contributed by atoms with Crippen molar-refractivity contribution in [3.63, 3.8) is 0 Å². The summed E-state index contributed by atoms with van der Waals surface area (Å²) < 4.78 is 45.7. The van der Waals surface area contributed by atoms with E-state index < -0.39 is 18.0 Å². The summed E-state index contributed by atoms with van der Waals surface area (Å²) in [7, 11) is 0. The first-order chi connectivity index (χ1) is 18.7. The van der Waals surface area contributed by atoms with Gasteiger partial charge in [-0.25, -0.2) is 0 Å². The smallest absolute Gasteiger partial charge is 0.406 e. The highest BCUT2D eigenvalue weighted by atomic mass is 32.1. The third-order valence-electron chi connectivity index (χ3n) is 5.10. The Morgan fingerprint density at radius 2 is 1.72 bits per heavy atom. The second kappa shape index (κ2) is 12.9. The van der Waals surface area contributed by atoms with Crippen LogP contribution in [-0.4, -0.2) is 43.7 Å². The second-order valence-corrected chi connectivity index (χ2v) is 9.32. The molecule has 0 saturated carbocycles. The van der Waals surface area contributed by atoms with Crippen molar-refractivity contribution < 1.29 is 32.0 Å². The van der Waals surface area contributed by atoms with Crippen molar-refractivity contribution >= 4 is 34.1 Å². The largest absolute Gasteiger partial charge is 0.573 e. The number of anilines is 2. The molecule has 4 rings (SSSR count). The van der Waals surface area contributed by atoms with Crippen molar-refractivity contribution in [1.29, 1.82) is 0 Å². The van der Waals surface area contributed by atoms with E-state index in [9.17, 15) is 22.8 Å². The number of halogens is 3. The number of hydrogen-bond acceptors (Lipinski definition) is 10. The lowest BCUT2D eigenvalue weighted by Crippen LogP contribution is -2.18. The van der Waals surface area contributed by atoms with Crippen LogP contribution in [0, 0.1) is 0 Å². The first-order valence-electron chi connectivity index (χ1n) is 11.7. The van der Waals surface area contributed by atoms with Gasteiger partial charge < -0.3 is 19.9 Å². The molecule has 0 radical (unpaired) electrons. The van der Waals surface area contributed by atoms with Crippen LogP contribution in [0.3, 0.4) is 0 Å². The molecule has 1 aromatic carbocycles. The summed E-state index contributed by atoms with van der Waals surface area (Å²) in [5.74, 6) is -0.866. The number of aryl methyl sites for hydroxylation is 2. The maximum absolute atomic E-state index is 12.4. The summed E-state index contributed by atoms with van der Waals surface area (Å²) in [6, 6.07) is 10.2. The summed E-state index contributed by atoms with van der Waals surface area (Å²) in [6.45, 7) is 0. The van der Waals surface area contributed by atoms with E-state index in [4.69, 9.17) is 4.52 Å². The summed E-state index contributed by atoms with van der Waals surface area (Å²) in [4.78, 5) is 24.3. The number of benzene rings is 1. The molecule has 0 saturated heterocycles. The first-order valence-corrected chi connectivity index (χ1v) is 12.5. The lowest BCUT2D eigenvalue weighted by molar-refractivity contribution is -0.274. The normalized spacial score (nSPS) is 11.3. The molecule has 2 amide bonds. The molecule has 0 atom stereocenters. The first kappa shape index (κ1) is 27.6. The molecule has 3 heterocycles. The van der Waals surface area contributed by atoms with Crippen LogP contribution in [0.1, 0.15) is 34.8 Å². The molecule has 3 aromatic heterocycles. The van der Waals surface area contributed by atoms with Crippen LogP contribution < -0.4 is 15.4 Å². The molecule has 0 fully saturated rings. The average Bonchev–Trinajstić information content (AvgIpc) is 3.54. The third kappa shape index (κ3) is 9.45. The number of nitrogens with one attached hydrogen (secondary N) is 2. The highest BCUT2D eigenvalue weighted by Crippen LogP contribution is 2.23. The van der Waals surface area contributed by atoms with E-state index >= 15 is 0 Å². The Morgan fingerprint density at radius 3 is 2.46 bits per heavy atom. The SMILES string of the molecule is O=C(Cc1cccc(OC(F)(F)F)c1)Nc1ccc(CCCCc2nnc(NC(=O)Cc3ccon3)s2)nn1. The Labute approximate surface area is 223 Å². The molecule has 39 heavy (non-hydrogen) atoms. The van der Waals surface area contributed by atoms with Crippen LogP contribution >= 0.6 is 11.3 Å². The molecule has 15 heteroatoms. The van der Waals surface area contributed by atoms with Crippen molar-refractivity contribution in [1.82, 2.24) is 25.6 Å². The summed E-state index contributed by atoms with van der Waals surface area (Å²) in [5.41, 5.74) is 1.62. The molecule has 0 unspecified atom stereocenters. The quantitative estimate of drug-likeness (QED) is 0.244. The molecular formula is C24H22F3N7O4S. The van der Waals surface area contributed by atoms with Crippen LogP contribution in [0.5, 0.6) is 5.75 Å². The molecule has 0 aliphatic heterocycles. The van der Waals surface area contributed by atoms with E-state index in [1.165, 1.54) is 29.7 Å². The van der Waals surface area contributed by atoms with Gasteiger partial charge >= 0.3 is 6.36 Å². The fourth-order valence-corrected chi connectivity index (χ4v) is 4.23. The van der Waals surface area contributed by atoms with Gasteiger partial charge in [-0.05, 0) is 49.1 Å². The zero-order valence-electron chi connectivity index (χ0n) is 20.3. The monoisotopic (exact) mass is 561 g/mol. The lowest BCUT2D eigenvalue weighted by Gasteiger charge is -2.10. The minimum atomic E-state index is -4.81. The summed E-state index contributed by atoms with van der Waals surface area (Å²) in [6.07, 6.45) is -0.500. The van der Waals surface area contributed by atoms with Crippen LogP contribution in [0.2, 0.25) is 0 Å². The molecule has 0 aliphatic carbocycles. The minimum Gasteiger partial charge on any atom is -0.406 e. The maximum atomic E-state index is 12.4. The van der Waals surface area contributed by atoms with Gasteiger partial charge in [-0.1, -0.05) is 28.6 Å². The number of hydrogen-bond donors (Lipinski definition) is 2. The molecule has 11 nitrogen and oxygen atoms in total. The number of unbranched alkanes of at least 4 members (excludes halogenated alkanes) is 1. The van der Waals surface area contributed by atoms with Crippen LogP contribution in [0.25, 0.3) is 0 Å². The van der Waals surface area contributed by atoms with E-state index in [0.29, 0.717) is 29.2 Å². The van der Waals surface area contributed by atoms with Gasteiger partial charge in [-0.2, -0.15) is 5.10 Å². The third-order valence-corrected chi connectivity index (χ3v) is 6.00. The van der Waals surface area contributed by atoms with Gasteiger partial charge in [0.2, 0.25) is 16.9 Å². The minimum absolute atomic E-state index is 0.0869. The molecule has 204 valence electrons. The van der Waals surface area contributed by atoms with Crippen LogP contribution in [0.15, 0.2) is 53.3 Å². The van der Waals surface area contributed by atoms with Gasteiger partial charge in [0.15, 0.2) is 5.82 Å². The van der Waals surface area contributed by atoms with E-state index in [1.807, 2.05) is 0 Å². The molecule has 0 aliphatic rings. The van der Waals surface area contributed by atoms with E-state index in [1.54, 1.807) is 18.2 Å². The van der Waals surface area contributed by atoms with Gasteiger partial charge in [0.05, 0.1) is 24.2 Å². The van der Waals surface area contributed by atoms with Crippen LogP contribution in [-0.2, 0) is 35.3 Å².